The van der Waals surface area contributed by atoms with Crippen LogP contribution in [0.25, 0.3) is 0 Å². The van der Waals surface area contributed by atoms with Crippen LogP contribution in [0.1, 0.15) is 26.3 Å². The molecule has 0 bridgehead atoms. The summed E-state index contributed by atoms with van der Waals surface area (Å²) in [6.07, 6.45) is 0. The monoisotopic (exact) mass is 341 g/mol. The largest absolute Gasteiger partial charge is 0.486 e. The molecule has 0 unspecified atom stereocenters. The lowest BCUT2D eigenvalue weighted by Crippen LogP contribution is -2.44. The van der Waals surface area contributed by atoms with Crippen LogP contribution in [0.2, 0.25) is 0 Å². The van der Waals surface area contributed by atoms with Crippen LogP contribution in [-0.2, 0) is 6.54 Å². The van der Waals surface area contributed by atoms with Gasteiger partial charge in [0.1, 0.15) is 13.2 Å². The first-order valence-corrected chi connectivity index (χ1v) is 7.30. The summed E-state index contributed by atoms with van der Waals surface area (Å²) in [5.74, 6) is 1.94. The molecule has 0 fully saturated rings. The molecule has 1 heterocycles. The second kappa shape index (κ2) is 5.91. The summed E-state index contributed by atoms with van der Waals surface area (Å²) in [5.41, 5.74) is 6.77. The van der Waals surface area contributed by atoms with Crippen LogP contribution in [0.5, 0.6) is 11.5 Å². The number of hydrogen-bond donors (Lipinski definition) is 2. The topological polar surface area (TPSA) is 68.9 Å². The number of halogens is 1. The number of benzene rings is 1. The highest BCUT2D eigenvalue weighted by Gasteiger charge is 2.16. The molecule has 0 atom stereocenters. The summed E-state index contributed by atoms with van der Waals surface area (Å²) in [7, 11) is 0. The Hall–Kier alpha value is -1.43. The van der Waals surface area contributed by atoms with E-state index in [2.05, 4.69) is 26.2 Å². The van der Waals surface area contributed by atoms with E-state index in [1.807, 2.05) is 32.9 Å². The van der Waals surface area contributed by atoms with Gasteiger partial charge < -0.3 is 20.5 Å². The van der Waals surface area contributed by atoms with Gasteiger partial charge in [0.15, 0.2) is 17.5 Å². The molecule has 0 amide bonds. The molecule has 1 aliphatic rings. The average Bonchev–Trinajstić information content (AvgIpc) is 2.34. The Kier molecular flexibility index (Phi) is 4.42. The third-order valence-corrected chi connectivity index (χ3v) is 3.18. The molecule has 20 heavy (non-hydrogen) atoms. The van der Waals surface area contributed by atoms with Crippen molar-refractivity contribution >= 4 is 21.9 Å². The smallest absolute Gasteiger partial charge is 0.189 e. The van der Waals surface area contributed by atoms with Gasteiger partial charge in [-0.05, 0) is 54.4 Å². The van der Waals surface area contributed by atoms with E-state index in [4.69, 9.17) is 15.2 Å². The van der Waals surface area contributed by atoms with Crippen LogP contribution in [0.3, 0.4) is 0 Å². The van der Waals surface area contributed by atoms with E-state index in [9.17, 15) is 0 Å². The van der Waals surface area contributed by atoms with Gasteiger partial charge in [-0.1, -0.05) is 0 Å². The van der Waals surface area contributed by atoms with Crippen molar-refractivity contribution in [2.75, 3.05) is 13.2 Å². The highest BCUT2D eigenvalue weighted by molar-refractivity contribution is 9.10. The van der Waals surface area contributed by atoms with Gasteiger partial charge in [-0.15, -0.1) is 0 Å². The fraction of sp³-hybridized carbons (Fsp3) is 0.500. The predicted octanol–water partition coefficient (Wildman–Crippen LogP) is 2.42. The van der Waals surface area contributed by atoms with Gasteiger partial charge in [-0.2, -0.15) is 0 Å². The molecule has 5 nitrogen and oxygen atoms in total. The standard InChI is InChI=1S/C14H20BrN3O2/c1-14(2,3)18-13(16)17-8-9-6-10(15)12-11(7-9)19-4-5-20-12/h6-7H,4-5,8H2,1-3H3,(H3,16,17,18). The fourth-order valence-electron chi connectivity index (χ4n) is 1.86. The third kappa shape index (κ3) is 4.03. The van der Waals surface area contributed by atoms with Crippen molar-refractivity contribution in [2.45, 2.75) is 32.9 Å². The highest BCUT2D eigenvalue weighted by atomic mass is 79.9. The van der Waals surface area contributed by atoms with Crippen molar-refractivity contribution in [1.29, 1.82) is 0 Å². The zero-order chi connectivity index (χ0) is 14.8. The second-order valence-electron chi connectivity index (χ2n) is 5.68. The van der Waals surface area contributed by atoms with Gasteiger partial charge in [0.05, 0.1) is 11.0 Å². The van der Waals surface area contributed by atoms with Crippen LogP contribution >= 0.6 is 15.9 Å². The van der Waals surface area contributed by atoms with Crippen molar-refractivity contribution < 1.29 is 9.47 Å². The molecule has 0 aliphatic carbocycles. The lowest BCUT2D eigenvalue weighted by Gasteiger charge is -2.21. The molecule has 0 spiro atoms. The molecule has 0 saturated heterocycles. The molecule has 0 saturated carbocycles. The normalized spacial score (nSPS) is 15.1. The van der Waals surface area contributed by atoms with E-state index in [0.29, 0.717) is 25.7 Å². The van der Waals surface area contributed by atoms with Gasteiger partial charge >= 0.3 is 0 Å². The van der Waals surface area contributed by atoms with E-state index in [-0.39, 0.29) is 5.54 Å². The SMILES string of the molecule is CC(C)(C)NC(N)=NCc1cc(Br)c2c(c1)OCCO2. The van der Waals surface area contributed by atoms with Crippen molar-refractivity contribution in [3.63, 3.8) is 0 Å². The van der Waals surface area contributed by atoms with Gasteiger partial charge in [0.2, 0.25) is 0 Å². The number of aliphatic imine (C=N–C) groups is 1. The molecule has 3 N–H and O–H groups in total. The Morgan fingerprint density at radius 3 is 2.75 bits per heavy atom. The summed E-state index contributed by atoms with van der Waals surface area (Å²) < 4.78 is 12.0. The first-order valence-electron chi connectivity index (χ1n) is 6.51. The zero-order valence-electron chi connectivity index (χ0n) is 12.0. The first-order chi connectivity index (χ1) is 9.35. The number of nitrogens with one attached hydrogen (secondary N) is 1. The van der Waals surface area contributed by atoms with Gasteiger partial charge in [-0.25, -0.2) is 4.99 Å². The highest BCUT2D eigenvalue weighted by Crippen LogP contribution is 2.38. The first kappa shape index (κ1) is 15.0. The number of ether oxygens (including phenoxy) is 2. The van der Waals surface area contributed by atoms with Crippen molar-refractivity contribution in [3.05, 3.63) is 22.2 Å². The van der Waals surface area contributed by atoms with Crippen LogP contribution in [0, 0.1) is 0 Å². The summed E-state index contributed by atoms with van der Waals surface area (Å²) in [6, 6.07) is 3.91. The maximum absolute atomic E-state index is 5.85. The Morgan fingerprint density at radius 2 is 2.05 bits per heavy atom. The summed E-state index contributed by atoms with van der Waals surface area (Å²) in [4.78, 5) is 4.34. The molecule has 2 rings (SSSR count). The maximum Gasteiger partial charge on any atom is 0.189 e. The lowest BCUT2D eigenvalue weighted by molar-refractivity contribution is 0.170. The van der Waals surface area contributed by atoms with Gasteiger partial charge in [0.25, 0.3) is 0 Å². The van der Waals surface area contributed by atoms with E-state index in [1.54, 1.807) is 0 Å². The molecule has 1 aliphatic heterocycles. The Morgan fingerprint density at radius 1 is 1.35 bits per heavy atom. The lowest BCUT2D eigenvalue weighted by atomic mass is 10.1. The molecule has 1 aromatic carbocycles. The number of fused-ring (bicyclic) bond motifs is 1. The molecular formula is C14H20BrN3O2. The molecule has 1 aromatic rings. The van der Waals surface area contributed by atoms with Crippen LogP contribution in [0.15, 0.2) is 21.6 Å². The van der Waals surface area contributed by atoms with Crippen LogP contribution in [-0.4, -0.2) is 24.7 Å². The van der Waals surface area contributed by atoms with Crippen molar-refractivity contribution in [1.82, 2.24) is 5.32 Å². The average molecular weight is 342 g/mol. The van der Waals surface area contributed by atoms with E-state index >= 15 is 0 Å². The van der Waals surface area contributed by atoms with Crippen molar-refractivity contribution in [3.8, 4) is 11.5 Å². The Labute approximate surface area is 127 Å². The third-order valence-electron chi connectivity index (χ3n) is 2.59. The molecule has 0 aromatic heterocycles. The predicted molar refractivity (Wildman–Crippen MR) is 83.3 cm³/mol. The summed E-state index contributed by atoms with van der Waals surface area (Å²) in [6.45, 7) is 7.75. The number of nitrogens with zero attached hydrogens (tertiary/aromatic N) is 1. The number of guanidine groups is 1. The minimum absolute atomic E-state index is 0.0963. The van der Waals surface area contributed by atoms with Crippen LogP contribution < -0.4 is 20.5 Å². The van der Waals surface area contributed by atoms with E-state index in [1.165, 1.54) is 0 Å². The maximum atomic E-state index is 5.85. The number of hydrogen-bond acceptors (Lipinski definition) is 3. The van der Waals surface area contributed by atoms with E-state index in [0.717, 1.165) is 21.5 Å². The van der Waals surface area contributed by atoms with E-state index < -0.39 is 0 Å². The zero-order valence-corrected chi connectivity index (χ0v) is 13.6. The molecular weight excluding hydrogens is 322 g/mol. The molecule has 6 heteroatoms. The second-order valence-corrected chi connectivity index (χ2v) is 6.53. The minimum Gasteiger partial charge on any atom is -0.486 e. The summed E-state index contributed by atoms with van der Waals surface area (Å²) in [5, 5.41) is 3.13. The van der Waals surface area contributed by atoms with Gasteiger partial charge in [-0.3, -0.25) is 0 Å². The quantitative estimate of drug-likeness (QED) is 0.640. The number of rotatable bonds is 2. The fourth-order valence-corrected chi connectivity index (χ4v) is 2.46. The molecule has 0 radical (unpaired) electrons. The molecule has 110 valence electrons. The van der Waals surface area contributed by atoms with Crippen LogP contribution in [0.4, 0.5) is 0 Å². The van der Waals surface area contributed by atoms with Crippen molar-refractivity contribution in [2.24, 2.45) is 10.7 Å². The number of nitrogens with two attached hydrogens (primary N) is 1. The van der Waals surface area contributed by atoms with Gasteiger partial charge in [0, 0.05) is 5.54 Å². The summed E-state index contributed by atoms with van der Waals surface area (Å²) >= 11 is 3.49. The Bertz CT molecular complexity index is 524. The minimum atomic E-state index is -0.0963. The Balaban J connectivity index is 2.10.